The molecule has 3 rings (SSSR count). The van der Waals surface area contributed by atoms with Crippen LogP contribution in [0.15, 0.2) is 41.2 Å². The number of amides is 1. The Kier molecular flexibility index (Phi) is 4.02. The van der Waals surface area contributed by atoms with Crippen LogP contribution in [0.2, 0.25) is 0 Å². The predicted octanol–water partition coefficient (Wildman–Crippen LogP) is 4.88. The van der Waals surface area contributed by atoms with Crippen LogP contribution in [0.4, 0.5) is 0 Å². The standard InChI is InChI=1S/C17H18N2OS2/c1-17(2,3)15(13-5-4-8-21-13)19-16(20)11-6-7-12-14(9-11)22-10-18-12/h4-10,15H,1-3H3,(H,19,20). The van der Waals surface area contributed by atoms with Crippen molar-refractivity contribution in [2.45, 2.75) is 26.8 Å². The van der Waals surface area contributed by atoms with E-state index in [4.69, 9.17) is 0 Å². The minimum Gasteiger partial charge on any atom is -0.344 e. The number of carbonyl (C=O) groups excluding carboxylic acids is 1. The van der Waals surface area contributed by atoms with Crippen LogP contribution in [-0.4, -0.2) is 10.9 Å². The van der Waals surface area contributed by atoms with Crippen molar-refractivity contribution in [3.8, 4) is 0 Å². The Morgan fingerprint density at radius 2 is 2.05 bits per heavy atom. The van der Waals surface area contributed by atoms with Crippen molar-refractivity contribution in [3.63, 3.8) is 0 Å². The molecule has 0 aliphatic rings. The van der Waals surface area contributed by atoms with Gasteiger partial charge in [0.05, 0.1) is 21.8 Å². The fourth-order valence-corrected chi connectivity index (χ4v) is 4.12. The van der Waals surface area contributed by atoms with Crippen LogP contribution >= 0.6 is 22.7 Å². The predicted molar refractivity (Wildman–Crippen MR) is 93.6 cm³/mol. The van der Waals surface area contributed by atoms with Crippen molar-refractivity contribution in [3.05, 3.63) is 51.7 Å². The molecule has 114 valence electrons. The van der Waals surface area contributed by atoms with Gasteiger partial charge in [0.2, 0.25) is 0 Å². The molecule has 1 unspecified atom stereocenters. The lowest BCUT2D eigenvalue weighted by molar-refractivity contribution is 0.0903. The summed E-state index contributed by atoms with van der Waals surface area (Å²) in [5.74, 6) is -0.0383. The molecule has 5 heteroatoms. The van der Waals surface area contributed by atoms with E-state index in [1.54, 1.807) is 28.2 Å². The molecule has 1 N–H and O–H groups in total. The summed E-state index contributed by atoms with van der Waals surface area (Å²) in [6.45, 7) is 6.43. The zero-order valence-corrected chi connectivity index (χ0v) is 14.4. The zero-order chi connectivity index (χ0) is 15.7. The van der Waals surface area contributed by atoms with Gasteiger partial charge in [-0.1, -0.05) is 26.8 Å². The van der Waals surface area contributed by atoms with Gasteiger partial charge in [0.25, 0.3) is 5.91 Å². The van der Waals surface area contributed by atoms with Gasteiger partial charge in [-0.25, -0.2) is 4.98 Å². The summed E-state index contributed by atoms with van der Waals surface area (Å²) in [7, 11) is 0. The molecular formula is C17H18N2OS2. The third kappa shape index (κ3) is 3.05. The van der Waals surface area contributed by atoms with Crippen molar-refractivity contribution in [2.75, 3.05) is 0 Å². The Bertz CT molecular complexity index is 784. The summed E-state index contributed by atoms with van der Waals surface area (Å²) in [6, 6.07) is 9.75. The topological polar surface area (TPSA) is 42.0 Å². The molecule has 0 saturated carbocycles. The van der Waals surface area contributed by atoms with E-state index >= 15 is 0 Å². The first kappa shape index (κ1) is 15.2. The molecule has 1 amide bonds. The number of carbonyl (C=O) groups is 1. The lowest BCUT2D eigenvalue weighted by atomic mass is 9.85. The Labute approximate surface area is 138 Å². The number of nitrogens with one attached hydrogen (secondary N) is 1. The molecule has 0 saturated heterocycles. The molecule has 0 spiro atoms. The SMILES string of the molecule is CC(C)(C)C(NC(=O)c1ccc2ncsc2c1)c1cccs1. The van der Waals surface area contributed by atoms with E-state index in [0.717, 1.165) is 10.2 Å². The normalized spacial score (nSPS) is 13.2. The number of benzene rings is 1. The summed E-state index contributed by atoms with van der Waals surface area (Å²) in [4.78, 5) is 18.1. The minimum atomic E-state index is -0.0465. The van der Waals surface area contributed by atoms with E-state index in [9.17, 15) is 4.79 Å². The molecule has 22 heavy (non-hydrogen) atoms. The maximum absolute atomic E-state index is 12.6. The van der Waals surface area contributed by atoms with Gasteiger partial charge in [-0.2, -0.15) is 0 Å². The van der Waals surface area contributed by atoms with Gasteiger partial charge in [0.15, 0.2) is 0 Å². The number of hydrogen-bond acceptors (Lipinski definition) is 4. The van der Waals surface area contributed by atoms with Crippen molar-refractivity contribution in [1.82, 2.24) is 10.3 Å². The maximum Gasteiger partial charge on any atom is 0.251 e. The second-order valence-electron chi connectivity index (χ2n) is 6.32. The van der Waals surface area contributed by atoms with Crippen LogP contribution in [0.3, 0.4) is 0 Å². The van der Waals surface area contributed by atoms with E-state index in [0.29, 0.717) is 5.56 Å². The van der Waals surface area contributed by atoms with Crippen LogP contribution in [0.25, 0.3) is 10.2 Å². The fraction of sp³-hybridized carbons (Fsp3) is 0.294. The Morgan fingerprint density at radius 1 is 1.23 bits per heavy atom. The van der Waals surface area contributed by atoms with Gasteiger partial charge >= 0.3 is 0 Å². The fourth-order valence-electron chi connectivity index (χ4n) is 2.38. The lowest BCUT2D eigenvalue weighted by Gasteiger charge is -2.30. The number of hydrogen-bond donors (Lipinski definition) is 1. The van der Waals surface area contributed by atoms with Gasteiger partial charge in [-0.3, -0.25) is 4.79 Å². The van der Waals surface area contributed by atoms with E-state index in [-0.39, 0.29) is 17.4 Å². The zero-order valence-electron chi connectivity index (χ0n) is 12.8. The van der Waals surface area contributed by atoms with E-state index < -0.39 is 0 Å². The highest BCUT2D eigenvalue weighted by molar-refractivity contribution is 7.16. The molecule has 0 fully saturated rings. The molecule has 1 atom stereocenters. The van der Waals surface area contributed by atoms with Crippen LogP contribution in [-0.2, 0) is 0 Å². The van der Waals surface area contributed by atoms with Crippen LogP contribution in [0.1, 0.15) is 42.0 Å². The highest BCUT2D eigenvalue weighted by Gasteiger charge is 2.29. The third-order valence-electron chi connectivity index (χ3n) is 3.56. The minimum absolute atomic E-state index is 0.00263. The number of rotatable bonds is 3. The largest absolute Gasteiger partial charge is 0.344 e. The quantitative estimate of drug-likeness (QED) is 0.744. The molecule has 3 aromatic rings. The summed E-state index contributed by atoms with van der Waals surface area (Å²) >= 11 is 3.23. The van der Waals surface area contributed by atoms with Crippen molar-refractivity contribution >= 4 is 38.8 Å². The van der Waals surface area contributed by atoms with E-state index in [2.05, 4.69) is 37.1 Å². The van der Waals surface area contributed by atoms with Gasteiger partial charge in [-0.15, -0.1) is 22.7 Å². The number of thiazole rings is 1. The van der Waals surface area contributed by atoms with Gasteiger partial charge in [0.1, 0.15) is 0 Å². The smallest absolute Gasteiger partial charge is 0.251 e. The molecule has 3 nitrogen and oxygen atoms in total. The van der Waals surface area contributed by atoms with E-state index in [1.165, 1.54) is 4.88 Å². The number of thiophene rings is 1. The van der Waals surface area contributed by atoms with Gasteiger partial charge in [-0.05, 0) is 35.1 Å². The van der Waals surface area contributed by atoms with Crippen molar-refractivity contribution < 1.29 is 4.79 Å². The van der Waals surface area contributed by atoms with Crippen LogP contribution in [0.5, 0.6) is 0 Å². The van der Waals surface area contributed by atoms with Crippen molar-refractivity contribution in [1.29, 1.82) is 0 Å². The first-order chi connectivity index (χ1) is 10.4. The Balaban J connectivity index is 1.87. The second kappa shape index (κ2) is 5.82. The molecular weight excluding hydrogens is 312 g/mol. The summed E-state index contributed by atoms with van der Waals surface area (Å²) in [6.07, 6.45) is 0. The van der Waals surface area contributed by atoms with Gasteiger partial charge < -0.3 is 5.32 Å². The van der Waals surface area contributed by atoms with Crippen molar-refractivity contribution in [2.24, 2.45) is 5.41 Å². The molecule has 0 bridgehead atoms. The van der Waals surface area contributed by atoms with Gasteiger partial charge in [0, 0.05) is 10.4 Å². The molecule has 0 aliphatic carbocycles. The molecule has 2 aromatic heterocycles. The highest BCUT2D eigenvalue weighted by Crippen LogP contribution is 2.35. The maximum atomic E-state index is 12.6. The summed E-state index contributed by atoms with van der Waals surface area (Å²) < 4.78 is 1.04. The number of aromatic nitrogens is 1. The first-order valence-electron chi connectivity index (χ1n) is 7.12. The average Bonchev–Trinajstić information content (AvgIpc) is 3.13. The summed E-state index contributed by atoms with van der Waals surface area (Å²) in [5.41, 5.74) is 3.38. The highest BCUT2D eigenvalue weighted by atomic mass is 32.1. The first-order valence-corrected chi connectivity index (χ1v) is 8.88. The molecule has 2 heterocycles. The number of fused-ring (bicyclic) bond motifs is 1. The molecule has 1 aromatic carbocycles. The molecule has 0 aliphatic heterocycles. The average molecular weight is 330 g/mol. The third-order valence-corrected chi connectivity index (χ3v) is 5.29. The summed E-state index contributed by atoms with van der Waals surface area (Å²) in [5, 5.41) is 5.23. The van der Waals surface area contributed by atoms with Crippen LogP contribution in [0, 0.1) is 5.41 Å². The van der Waals surface area contributed by atoms with E-state index in [1.807, 2.05) is 29.6 Å². The Hall–Kier alpha value is -1.72. The number of nitrogens with zero attached hydrogens (tertiary/aromatic N) is 1. The van der Waals surface area contributed by atoms with Crippen LogP contribution < -0.4 is 5.32 Å². The second-order valence-corrected chi connectivity index (χ2v) is 8.19. The Morgan fingerprint density at radius 3 is 2.73 bits per heavy atom. The molecule has 0 radical (unpaired) electrons. The monoisotopic (exact) mass is 330 g/mol. The lowest BCUT2D eigenvalue weighted by Crippen LogP contribution is -2.36.